The number of nitrogens with one attached hydrogen (secondary N) is 2. The van der Waals surface area contributed by atoms with Crippen LogP contribution in [0.2, 0.25) is 0 Å². The molecule has 13 heavy (non-hydrogen) atoms. The molecular formula is C8H8BN2O2. The van der Waals surface area contributed by atoms with Crippen LogP contribution in [0.1, 0.15) is 0 Å². The second kappa shape index (κ2) is 3.75. The van der Waals surface area contributed by atoms with Gasteiger partial charge in [0.1, 0.15) is 11.5 Å². The average molecular weight is 175 g/mol. The maximum atomic E-state index is 5.13. The summed E-state index contributed by atoms with van der Waals surface area (Å²) < 4.78 is 10.3. The fourth-order valence-electron chi connectivity index (χ4n) is 0.899. The van der Waals surface area contributed by atoms with Crippen molar-refractivity contribution in [1.29, 1.82) is 0 Å². The van der Waals surface area contributed by atoms with Gasteiger partial charge in [0.05, 0.1) is 0 Å². The number of aromatic amines is 2. The van der Waals surface area contributed by atoms with Gasteiger partial charge in [-0.3, -0.25) is 0 Å². The number of hydrogen-bond donors (Lipinski definition) is 2. The third-order valence-electron chi connectivity index (χ3n) is 1.51. The molecule has 0 spiro atoms. The molecule has 0 bridgehead atoms. The molecular weight excluding hydrogens is 167 g/mol. The predicted octanol–water partition coefficient (Wildman–Crippen LogP) is 1.33. The minimum absolute atomic E-state index is 0.718. The zero-order chi connectivity index (χ0) is 8.93. The standard InChI is InChI=1S/C8H8BN2O2/c1-3-10-5-7(1)12-9-13-8-2-4-11-6-8/h1-6,10-11H. The van der Waals surface area contributed by atoms with Gasteiger partial charge in [0.15, 0.2) is 0 Å². The van der Waals surface area contributed by atoms with Crippen LogP contribution in [0.3, 0.4) is 0 Å². The van der Waals surface area contributed by atoms with Crippen LogP contribution < -0.4 is 9.31 Å². The average Bonchev–Trinajstić information content (AvgIpc) is 2.75. The summed E-state index contributed by atoms with van der Waals surface area (Å²) in [6.07, 6.45) is 7.02. The molecule has 2 aromatic rings. The smallest absolute Gasteiger partial charge is 0.525 e. The minimum atomic E-state index is 0.718. The molecule has 65 valence electrons. The van der Waals surface area contributed by atoms with E-state index in [1.54, 1.807) is 36.9 Å². The van der Waals surface area contributed by atoms with Crippen molar-refractivity contribution < 1.29 is 9.31 Å². The summed E-state index contributed by atoms with van der Waals surface area (Å²) in [7, 11) is 1.28. The quantitative estimate of drug-likeness (QED) is 0.688. The summed E-state index contributed by atoms with van der Waals surface area (Å²) >= 11 is 0. The van der Waals surface area contributed by atoms with Crippen molar-refractivity contribution >= 4 is 7.69 Å². The van der Waals surface area contributed by atoms with E-state index in [1.165, 1.54) is 7.69 Å². The number of aromatic nitrogens is 2. The fourth-order valence-corrected chi connectivity index (χ4v) is 0.899. The molecule has 0 aliphatic heterocycles. The zero-order valence-electron chi connectivity index (χ0n) is 6.86. The Morgan fingerprint density at radius 3 is 1.85 bits per heavy atom. The van der Waals surface area contributed by atoms with E-state index in [1.807, 2.05) is 0 Å². The highest BCUT2D eigenvalue weighted by atomic mass is 16.6. The summed E-state index contributed by atoms with van der Waals surface area (Å²) in [6, 6.07) is 3.61. The molecule has 5 heteroatoms. The van der Waals surface area contributed by atoms with Gasteiger partial charge in [0.2, 0.25) is 0 Å². The maximum Gasteiger partial charge on any atom is 0.658 e. The summed E-state index contributed by atoms with van der Waals surface area (Å²) in [5.74, 6) is 1.44. The minimum Gasteiger partial charge on any atom is -0.525 e. The molecule has 2 N–H and O–H groups in total. The number of hydrogen-bond acceptors (Lipinski definition) is 2. The van der Waals surface area contributed by atoms with Crippen LogP contribution in [0.25, 0.3) is 0 Å². The summed E-state index contributed by atoms with van der Waals surface area (Å²) in [5, 5.41) is 0. The number of rotatable bonds is 4. The molecule has 4 nitrogen and oxygen atoms in total. The summed E-state index contributed by atoms with van der Waals surface area (Å²) in [5.41, 5.74) is 0. The summed E-state index contributed by atoms with van der Waals surface area (Å²) in [6.45, 7) is 0. The van der Waals surface area contributed by atoms with Gasteiger partial charge in [-0.05, 0) is 12.1 Å². The van der Waals surface area contributed by atoms with E-state index in [2.05, 4.69) is 9.97 Å². The lowest BCUT2D eigenvalue weighted by molar-refractivity contribution is 0.460. The van der Waals surface area contributed by atoms with Crippen molar-refractivity contribution in [2.45, 2.75) is 0 Å². The van der Waals surface area contributed by atoms with Crippen LogP contribution in [-0.4, -0.2) is 17.7 Å². The van der Waals surface area contributed by atoms with Gasteiger partial charge in [-0.15, -0.1) is 0 Å². The first-order chi connectivity index (χ1) is 6.45. The fraction of sp³-hybridized carbons (Fsp3) is 0. The van der Waals surface area contributed by atoms with E-state index in [4.69, 9.17) is 9.31 Å². The van der Waals surface area contributed by atoms with Crippen molar-refractivity contribution in [2.24, 2.45) is 0 Å². The highest BCUT2D eigenvalue weighted by molar-refractivity contribution is 6.20. The van der Waals surface area contributed by atoms with Crippen LogP contribution >= 0.6 is 0 Å². The third kappa shape index (κ3) is 2.08. The molecule has 0 aromatic carbocycles. The van der Waals surface area contributed by atoms with Gasteiger partial charge < -0.3 is 19.3 Å². The van der Waals surface area contributed by atoms with E-state index in [0.717, 1.165) is 11.5 Å². The van der Waals surface area contributed by atoms with Crippen LogP contribution in [0.15, 0.2) is 36.9 Å². The highest BCUT2D eigenvalue weighted by Crippen LogP contribution is 2.09. The van der Waals surface area contributed by atoms with Crippen molar-refractivity contribution in [2.75, 3.05) is 0 Å². The largest absolute Gasteiger partial charge is 0.658 e. The van der Waals surface area contributed by atoms with Crippen LogP contribution in [0, 0.1) is 0 Å². The third-order valence-corrected chi connectivity index (χ3v) is 1.51. The van der Waals surface area contributed by atoms with Gasteiger partial charge in [-0.25, -0.2) is 0 Å². The Balaban J connectivity index is 1.76. The SMILES string of the molecule is [B](Oc1cc[nH]c1)Oc1cc[nH]c1. The maximum absolute atomic E-state index is 5.13. The molecule has 0 saturated carbocycles. The lowest BCUT2D eigenvalue weighted by atomic mass is 10.3. The second-order valence-corrected chi connectivity index (χ2v) is 2.43. The number of H-pyrrole nitrogens is 2. The van der Waals surface area contributed by atoms with Crippen LogP contribution in [-0.2, 0) is 0 Å². The second-order valence-electron chi connectivity index (χ2n) is 2.43. The molecule has 0 amide bonds. The lowest BCUT2D eigenvalue weighted by Crippen LogP contribution is -2.09. The molecule has 2 rings (SSSR count). The molecule has 0 atom stereocenters. The Morgan fingerprint density at radius 1 is 0.923 bits per heavy atom. The molecule has 0 saturated heterocycles. The molecule has 0 aliphatic rings. The van der Waals surface area contributed by atoms with Gasteiger partial charge in [-0.2, -0.15) is 0 Å². The molecule has 2 heterocycles. The molecule has 1 radical (unpaired) electrons. The van der Waals surface area contributed by atoms with Crippen molar-refractivity contribution in [1.82, 2.24) is 9.97 Å². The van der Waals surface area contributed by atoms with E-state index >= 15 is 0 Å². The first-order valence-corrected chi connectivity index (χ1v) is 3.86. The Kier molecular flexibility index (Phi) is 2.27. The molecule has 2 aromatic heterocycles. The van der Waals surface area contributed by atoms with E-state index < -0.39 is 0 Å². The van der Waals surface area contributed by atoms with Crippen LogP contribution in [0.5, 0.6) is 11.5 Å². The first-order valence-electron chi connectivity index (χ1n) is 3.86. The Hall–Kier alpha value is -1.78. The predicted molar refractivity (Wildman–Crippen MR) is 48.6 cm³/mol. The van der Waals surface area contributed by atoms with Crippen molar-refractivity contribution in [3.8, 4) is 11.5 Å². The lowest BCUT2D eigenvalue weighted by Gasteiger charge is -2.00. The molecule has 0 aliphatic carbocycles. The molecule has 0 unspecified atom stereocenters. The monoisotopic (exact) mass is 175 g/mol. The highest BCUT2D eigenvalue weighted by Gasteiger charge is 2.00. The van der Waals surface area contributed by atoms with E-state index in [-0.39, 0.29) is 0 Å². The zero-order valence-corrected chi connectivity index (χ0v) is 6.86. The summed E-state index contributed by atoms with van der Waals surface area (Å²) in [4.78, 5) is 5.73. The van der Waals surface area contributed by atoms with E-state index in [0.29, 0.717) is 0 Å². The van der Waals surface area contributed by atoms with Gasteiger partial charge in [0, 0.05) is 24.8 Å². The molecule has 0 fully saturated rings. The van der Waals surface area contributed by atoms with Gasteiger partial charge in [-0.1, -0.05) is 0 Å². The van der Waals surface area contributed by atoms with Crippen molar-refractivity contribution in [3.05, 3.63) is 36.9 Å². The van der Waals surface area contributed by atoms with Crippen molar-refractivity contribution in [3.63, 3.8) is 0 Å². The van der Waals surface area contributed by atoms with Crippen LogP contribution in [0.4, 0.5) is 0 Å². The topological polar surface area (TPSA) is 50.0 Å². The van der Waals surface area contributed by atoms with E-state index in [9.17, 15) is 0 Å². The normalized spacial score (nSPS) is 9.54. The Bertz CT molecular complexity index is 297. The van der Waals surface area contributed by atoms with Gasteiger partial charge in [0.25, 0.3) is 0 Å². The Labute approximate surface area is 76.2 Å². The first kappa shape index (κ1) is 7.85. The van der Waals surface area contributed by atoms with Gasteiger partial charge >= 0.3 is 7.69 Å². The Morgan fingerprint density at radius 2 is 1.46 bits per heavy atom.